The Kier molecular flexibility index (Phi) is 3.01. The van der Waals surface area contributed by atoms with E-state index < -0.39 is 5.82 Å². The summed E-state index contributed by atoms with van der Waals surface area (Å²) in [7, 11) is 0. The van der Waals surface area contributed by atoms with Crippen LogP contribution in [0.15, 0.2) is 18.2 Å². The molecule has 3 rings (SSSR count). The van der Waals surface area contributed by atoms with Crippen LogP contribution in [0.2, 0.25) is 0 Å². The molecule has 4 nitrogen and oxygen atoms in total. The average Bonchev–Trinajstić information content (AvgIpc) is 2.90. The Hall–Kier alpha value is -2.22. The van der Waals surface area contributed by atoms with Gasteiger partial charge in [-0.25, -0.2) is 4.39 Å². The highest BCUT2D eigenvalue weighted by atomic mass is 19.1. The number of hydrogen-bond acceptors (Lipinski definition) is 3. The lowest BCUT2D eigenvalue weighted by Gasteiger charge is -2.29. The van der Waals surface area contributed by atoms with Crippen LogP contribution in [0, 0.1) is 29.0 Å². The van der Waals surface area contributed by atoms with Gasteiger partial charge in [0.15, 0.2) is 0 Å². The van der Waals surface area contributed by atoms with Gasteiger partial charge in [0.25, 0.3) is 0 Å². The number of nitriles is 1. The molecule has 2 atom stereocenters. The van der Waals surface area contributed by atoms with Gasteiger partial charge in [-0.3, -0.25) is 14.5 Å². The Morgan fingerprint density at radius 2 is 1.90 bits per heavy atom. The molecule has 2 amide bonds. The number of hydrogen-bond donors (Lipinski definition) is 0. The Balaban J connectivity index is 1.86. The monoisotopic (exact) mass is 272 g/mol. The summed E-state index contributed by atoms with van der Waals surface area (Å²) in [5.41, 5.74) is 0.495. The second kappa shape index (κ2) is 4.71. The van der Waals surface area contributed by atoms with Crippen molar-refractivity contribution in [2.45, 2.75) is 25.8 Å². The van der Waals surface area contributed by atoms with Gasteiger partial charge >= 0.3 is 0 Å². The molecule has 20 heavy (non-hydrogen) atoms. The fourth-order valence-electron chi connectivity index (χ4n) is 3.05. The van der Waals surface area contributed by atoms with Crippen molar-refractivity contribution in [2.24, 2.45) is 11.8 Å². The number of carbonyl (C=O) groups is 2. The van der Waals surface area contributed by atoms with Crippen LogP contribution in [-0.2, 0) is 16.1 Å². The molecule has 1 aromatic rings. The van der Waals surface area contributed by atoms with Crippen molar-refractivity contribution in [3.63, 3.8) is 0 Å². The number of piperidine rings is 1. The first kappa shape index (κ1) is 12.8. The van der Waals surface area contributed by atoms with Gasteiger partial charge in [-0.2, -0.15) is 5.26 Å². The minimum Gasteiger partial charge on any atom is -0.278 e. The highest BCUT2D eigenvalue weighted by Gasteiger charge is 2.45. The van der Waals surface area contributed by atoms with Crippen molar-refractivity contribution in [3.05, 3.63) is 35.1 Å². The number of imide groups is 1. The zero-order chi connectivity index (χ0) is 14.3. The van der Waals surface area contributed by atoms with Crippen molar-refractivity contribution in [2.75, 3.05) is 0 Å². The quantitative estimate of drug-likeness (QED) is 0.773. The van der Waals surface area contributed by atoms with Crippen molar-refractivity contribution in [3.8, 4) is 6.07 Å². The van der Waals surface area contributed by atoms with Gasteiger partial charge in [-0.15, -0.1) is 0 Å². The Labute approximate surface area is 115 Å². The average molecular weight is 272 g/mol. The first-order chi connectivity index (χ1) is 9.60. The Morgan fingerprint density at radius 3 is 2.45 bits per heavy atom. The zero-order valence-corrected chi connectivity index (χ0v) is 10.8. The maximum absolute atomic E-state index is 13.9. The summed E-state index contributed by atoms with van der Waals surface area (Å²) >= 11 is 0. The topological polar surface area (TPSA) is 61.2 Å². The summed E-state index contributed by atoms with van der Waals surface area (Å²) in [5.74, 6) is -1.10. The summed E-state index contributed by atoms with van der Waals surface area (Å²) in [6.45, 7) is -0.0395. The number of rotatable bonds is 2. The first-order valence-electron chi connectivity index (χ1n) is 6.64. The van der Waals surface area contributed by atoms with Crippen LogP contribution in [0.1, 0.15) is 30.4 Å². The fraction of sp³-hybridized carbons (Fsp3) is 0.400. The second-order valence-corrected chi connectivity index (χ2v) is 5.39. The summed E-state index contributed by atoms with van der Waals surface area (Å²) < 4.78 is 13.9. The van der Waals surface area contributed by atoms with Gasteiger partial charge < -0.3 is 0 Å². The number of carbonyl (C=O) groups excluding carboxylic acids is 2. The summed E-state index contributed by atoms with van der Waals surface area (Å²) in [4.78, 5) is 25.5. The number of nitrogens with zero attached hydrogens (tertiary/aromatic N) is 2. The molecule has 0 radical (unpaired) electrons. The van der Waals surface area contributed by atoms with E-state index in [4.69, 9.17) is 5.26 Å². The molecule has 2 aliphatic rings. The van der Waals surface area contributed by atoms with Gasteiger partial charge in [0, 0.05) is 17.4 Å². The molecule has 1 saturated heterocycles. The van der Waals surface area contributed by atoms with Crippen LogP contribution in [-0.4, -0.2) is 16.7 Å². The van der Waals surface area contributed by atoms with E-state index >= 15 is 0 Å². The van der Waals surface area contributed by atoms with Crippen molar-refractivity contribution in [1.29, 1.82) is 5.26 Å². The highest BCUT2D eigenvalue weighted by Crippen LogP contribution is 2.38. The maximum Gasteiger partial charge on any atom is 0.232 e. The van der Waals surface area contributed by atoms with Crippen LogP contribution in [0.25, 0.3) is 0 Å². The van der Waals surface area contributed by atoms with Crippen molar-refractivity contribution >= 4 is 11.8 Å². The predicted octanol–water partition coefficient (Wildman–Crippen LogP) is 1.98. The highest BCUT2D eigenvalue weighted by molar-refractivity contribution is 6.00. The third-order valence-corrected chi connectivity index (χ3v) is 4.17. The van der Waals surface area contributed by atoms with Crippen LogP contribution in [0.5, 0.6) is 0 Å². The number of amides is 2. The number of fused-ring (bicyclic) bond motifs is 2. The zero-order valence-electron chi connectivity index (χ0n) is 10.8. The first-order valence-corrected chi connectivity index (χ1v) is 6.64. The molecule has 1 aromatic carbocycles. The van der Waals surface area contributed by atoms with Crippen LogP contribution < -0.4 is 0 Å². The third kappa shape index (κ3) is 1.97. The molecular weight excluding hydrogens is 259 g/mol. The van der Waals surface area contributed by atoms with E-state index in [-0.39, 0.29) is 41.3 Å². The molecule has 0 N–H and O–H groups in total. The molecule has 1 saturated carbocycles. The summed E-state index contributed by atoms with van der Waals surface area (Å²) in [5, 5.41) is 8.70. The van der Waals surface area contributed by atoms with Gasteiger partial charge in [-0.1, -0.05) is 6.07 Å². The van der Waals surface area contributed by atoms with Crippen LogP contribution >= 0.6 is 0 Å². The molecule has 1 aliphatic carbocycles. The Morgan fingerprint density at radius 1 is 1.25 bits per heavy atom. The molecule has 0 aromatic heterocycles. The molecular formula is C15H13FN2O2. The summed E-state index contributed by atoms with van der Waals surface area (Å²) in [6.07, 6.45) is 2.15. The molecule has 0 spiro atoms. The number of likely N-dealkylation sites (tertiary alicyclic amines) is 1. The lowest BCUT2D eigenvalue weighted by atomic mass is 9.96. The lowest BCUT2D eigenvalue weighted by molar-refractivity contribution is -0.153. The Bertz CT molecular complexity index is 613. The number of halogens is 1. The normalized spacial score (nSPS) is 24.9. The van der Waals surface area contributed by atoms with Gasteiger partial charge in [0.05, 0.1) is 18.2 Å². The molecule has 2 bridgehead atoms. The standard InChI is InChI=1S/C15H13FN2O2/c16-13-5-9(7-17)1-2-12(13)8-18-14(19)10-3-4-11(6-10)15(18)20/h1-2,5,10-11H,3-4,6,8H2. The largest absolute Gasteiger partial charge is 0.278 e. The van der Waals surface area contributed by atoms with E-state index in [9.17, 15) is 14.0 Å². The SMILES string of the molecule is N#Cc1ccc(CN2C(=O)C3CCC(C3)C2=O)c(F)c1. The number of benzene rings is 1. The lowest BCUT2D eigenvalue weighted by Crippen LogP contribution is -2.45. The van der Waals surface area contributed by atoms with E-state index in [1.807, 2.05) is 6.07 Å². The van der Waals surface area contributed by atoms with E-state index in [2.05, 4.69) is 0 Å². The van der Waals surface area contributed by atoms with E-state index in [0.717, 1.165) is 18.9 Å². The fourth-order valence-corrected chi connectivity index (χ4v) is 3.05. The van der Waals surface area contributed by atoms with Gasteiger partial charge in [0.1, 0.15) is 5.82 Å². The second-order valence-electron chi connectivity index (χ2n) is 5.39. The molecule has 2 fully saturated rings. The molecule has 1 aliphatic heterocycles. The van der Waals surface area contributed by atoms with Gasteiger partial charge in [0.2, 0.25) is 11.8 Å². The van der Waals surface area contributed by atoms with Crippen LogP contribution in [0.4, 0.5) is 4.39 Å². The van der Waals surface area contributed by atoms with E-state index in [1.165, 1.54) is 17.0 Å². The minimum absolute atomic E-state index is 0.0395. The smallest absolute Gasteiger partial charge is 0.232 e. The maximum atomic E-state index is 13.9. The van der Waals surface area contributed by atoms with Crippen molar-refractivity contribution < 1.29 is 14.0 Å². The molecule has 2 unspecified atom stereocenters. The predicted molar refractivity (Wildman–Crippen MR) is 67.5 cm³/mol. The van der Waals surface area contributed by atoms with Crippen LogP contribution in [0.3, 0.4) is 0 Å². The third-order valence-electron chi connectivity index (χ3n) is 4.17. The molecule has 102 valence electrons. The van der Waals surface area contributed by atoms with Crippen molar-refractivity contribution in [1.82, 2.24) is 4.90 Å². The van der Waals surface area contributed by atoms with E-state index in [1.54, 1.807) is 0 Å². The molecule has 5 heteroatoms. The van der Waals surface area contributed by atoms with Gasteiger partial charge in [-0.05, 0) is 31.4 Å². The van der Waals surface area contributed by atoms with E-state index in [0.29, 0.717) is 6.42 Å². The summed E-state index contributed by atoms with van der Waals surface area (Å²) in [6, 6.07) is 5.94. The minimum atomic E-state index is -0.553. The molecule has 1 heterocycles.